The van der Waals surface area contributed by atoms with Gasteiger partial charge in [0.05, 0.1) is 17.0 Å². The molecule has 1 amide bonds. The minimum atomic E-state index is -3.34. The summed E-state index contributed by atoms with van der Waals surface area (Å²) in [5, 5.41) is 0. The molecular formula is C22H24N2O5S. The summed E-state index contributed by atoms with van der Waals surface area (Å²) in [7, 11) is -3.34. The summed E-state index contributed by atoms with van der Waals surface area (Å²) >= 11 is 0. The number of amides is 1. The first-order valence-electron chi connectivity index (χ1n) is 10.1. The molecule has 1 saturated heterocycles. The molecule has 0 saturated carbocycles. The van der Waals surface area contributed by atoms with Gasteiger partial charge in [-0.05, 0) is 56.0 Å². The van der Waals surface area contributed by atoms with Gasteiger partial charge in [0.25, 0.3) is 5.91 Å². The molecule has 30 heavy (non-hydrogen) atoms. The van der Waals surface area contributed by atoms with E-state index in [2.05, 4.69) is 0 Å². The molecule has 0 N–H and O–H groups in total. The number of hydrogen-bond donors (Lipinski definition) is 0. The van der Waals surface area contributed by atoms with Crippen LogP contribution in [0.2, 0.25) is 0 Å². The number of sulfonamides is 1. The highest BCUT2D eigenvalue weighted by atomic mass is 32.2. The van der Waals surface area contributed by atoms with Crippen molar-refractivity contribution in [3.8, 4) is 0 Å². The Morgan fingerprint density at radius 3 is 2.60 bits per heavy atom. The van der Waals surface area contributed by atoms with E-state index in [0.29, 0.717) is 25.2 Å². The maximum Gasteiger partial charge on any atom is 0.338 e. The number of ether oxygens (including phenoxy) is 1. The number of hydrogen-bond acceptors (Lipinski definition) is 5. The average Bonchev–Trinajstić information content (AvgIpc) is 3.11. The van der Waals surface area contributed by atoms with Crippen molar-refractivity contribution in [1.82, 2.24) is 0 Å². The molecule has 0 aliphatic carbocycles. The summed E-state index contributed by atoms with van der Waals surface area (Å²) in [6.45, 7) is 2.54. The Balaban J connectivity index is 1.48. The van der Waals surface area contributed by atoms with Crippen molar-refractivity contribution in [2.75, 3.05) is 28.0 Å². The Kier molecular flexibility index (Phi) is 5.51. The molecule has 7 nitrogen and oxygen atoms in total. The Morgan fingerprint density at radius 2 is 1.83 bits per heavy atom. The normalized spacial score (nSPS) is 18.6. The molecule has 0 radical (unpaired) electrons. The first kappa shape index (κ1) is 20.4. The summed E-state index contributed by atoms with van der Waals surface area (Å²) in [6.07, 6.45) is 1.37. The van der Waals surface area contributed by atoms with E-state index in [1.807, 2.05) is 24.3 Å². The van der Waals surface area contributed by atoms with E-state index < -0.39 is 22.1 Å². The van der Waals surface area contributed by atoms with Gasteiger partial charge in [-0.1, -0.05) is 24.3 Å². The second-order valence-electron chi connectivity index (χ2n) is 7.56. The Labute approximate surface area is 176 Å². The highest BCUT2D eigenvalue weighted by molar-refractivity contribution is 7.93. The van der Waals surface area contributed by atoms with Crippen LogP contribution in [0, 0.1) is 0 Å². The Morgan fingerprint density at radius 1 is 1.03 bits per heavy atom. The molecule has 8 heteroatoms. The predicted octanol–water partition coefficient (Wildman–Crippen LogP) is 2.75. The lowest BCUT2D eigenvalue weighted by atomic mass is 10.0. The van der Waals surface area contributed by atoms with E-state index in [4.69, 9.17) is 4.74 Å². The van der Waals surface area contributed by atoms with Gasteiger partial charge in [-0.2, -0.15) is 0 Å². The van der Waals surface area contributed by atoms with Crippen molar-refractivity contribution in [3.63, 3.8) is 0 Å². The maximum absolute atomic E-state index is 13.0. The van der Waals surface area contributed by atoms with Gasteiger partial charge in [0.1, 0.15) is 0 Å². The van der Waals surface area contributed by atoms with E-state index >= 15 is 0 Å². The summed E-state index contributed by atoms with van der Waals surface area (Å²) in [6, 6.07) is 14.1. The summed E-state index contributed by atoms with van der Waals surface area (Å²) < 4.78 is 31.0. The zero-order valence-electron chi connectivity index (χ0n) is 16.8. The number of carbonyl (C=O) groups excluding carboxylic acids is 2. The molecule has 4 rings (SSSR count). The molecule has 0 spiro atoms. The molecule has 0 unspecified atom stereocenters. The van der Waals surface area contributed by atoms with Gasteiger partial charge in [0.2, 0.25) is 10.0 Å². The quantitative estimate of drug-likeness (QED) is 0.699. The SMILES string of the molecule is C[C@H](OC(=O)c1cccc(N2CCCS2(=O)=O)c1)C(=O)N1CCCc2ccccc21. The number of rotatable bonds is 4. The summed E-state index contributed by atoms with van der Waals surface area (Å²) in [4.78, 5) is 27.3. The molecular weight excluding hydrogens is 404 g/mol. The molecule has 2 aliphatic rings. The Bertz CT molecular complexity index is 1080. The second kappa shape index (κ2) is 8.10. The fraction of sp³-hybridized carbons (Fsp3) is 0.364. The smallest absolute Gasteiger partial charge is 0.338 e. The van der Waals surface area contributed by atoms with Crippen molar-refractivity contribution < 1.29 is 22.7 Å². The molecule has 1 fully saturated rings. The first-order chi connectivity index (χ1) is 14.4. The Hall–Kier alpha value is -2.87. The van der Waals surface area contributed by atoms with Crippen LogP contribution < -0.4 is 9.21 Å². The van der Waals surface area contributed by atoms with Crippen molar-refractivity contribution in [2.24, 2.45) is 0 Å². The van der Waals surface area contributed by atoms with Crippen LogP contribution >= 0.6 is 0 Å². The fourth-order valence-electron chi connectivity index (χ4n) is 3.98. The number of anilines is 2. The zero-order valence-corrected chi connectivity index (χ0v) is 17.6. The molecule has 2 aliphatic heterocycles. The molecule has 1 atom stereocenters. The molecule has 158 valence electrons. The van der Waals surface area contributed by atoms with Crippen LogP contribution in [0.15, 0.2) is 48.5 Å². The summed E-state index contributed by atoms with van der Waals surface area (Å²) in [5.41, 5.74) is 2.62. The lowest BCUT2D eigenvalue weighted by Gasteiger charge is -2.31. The lowest BCUT2D eigenvalue weighted by Crippen LogP contribution is -2.42. The van der Waals surface area contributed by atoms with Gasteiger partial charge >= 0.3 is 5.97 Å². The van der Waals surface area contributed by atoms with Crippen molar-refractivity contribution in [1.29, 1.82) is 0 Å². The van der Waals surface area contributed by atoms with Gasteiger partial charge in [0.15, 0.2) is 6.10 Å². The molecule has 2 heterocycles. The number of aryl methyl sites for hydroxylation is 1. The summed E-state index contributed by atoms with van der Waals surface area (Å²) in [5.74, 6) is -0.821. The van der Waals surface area contributed by atoms with Crippen LogP contribution in [0.25, 0.3) is 0 Å². The topological polar surface area (TPSA) is 84.0 Å². The van der Waals surface area contributed by atoms with Gasteiger partial charge in [-0.3, -0.25) is 9.10 Å². The van der Waals surface area contributed by atoms with Crippen LogP contribution in [-0.2, 0) is 26.0 Å². The maximum atomic E-state index is 13.0. The van der Waals surface area contributed by atoms with Crippen LogP contribution in [0.5, 0.6) is 0 Å². The number of benzene rings is 2. The number of nitrogens with zero attached hydrogens (tertiary/aromatic N) is 2. The predicted molar refractivity (Wildman–Crippen MR) is 114 cm³/mol. The average molecular weight is 429 g/mol. The highest BCUT2D eigenvalue weighted by Crippen LogP contribution is 2.28. The molecule has 0 aromatic heterocycles. The van der Waals surface area contributed by atoms with E-state index in [1.54, 1.807) is 30.0 Å². The van der Waals surface area contributed by atoms with Crippen molar-refractivity contribution >= 4 is 33.3 Å². The second-order valence-corrected chi connectivity index (χ2v) is 9.57. The van der Waals surface area contributed by atoms with E-state index in [-0.39, 0.29) is 17.2 Å². The monoisotopic (exact) mass is 428 g/mol. The van der Waals surface area contributed by atoms with Gasteiger partial charge < -0.3 is 9.64 Å². The van der Waals surface area contributed by atoms with Crippen LogP contribution in [0.3, 0.4) is 0 Å². The third kappa shape index (κ3) is 3.92. The third-order valence-corrected chi connectivity index (χ3v) is 7.35. The molecule has 0 bridgehead atoms. The lowest BCUT2D eigenvalue weighted by molar-refractivity contribution is -0.126. The largest absolute Gasteiger partial charge is 0.449 e. The number of esters is 1. The minimum absolute atomic E-state index is 0.102. The number of carbonyl (C=O) groups is 2. The van der Waals surface area contributed by atoms with Crippen molar-refractivity contribution in [2.45, 2.75) is 32.3 Å². The van der Waals surface area contributed by atoms with E-state index in [0.717, 1.165) is 24.1 Å². The van der Waals surface area contributed by atoms with Gasteiger partial charge in [0, 0.05) is 18.8 Å². The van der Waals surface area contributed by atoms with Crippen LogP contribution in [-0.4, -0.2) is 45.2 Å². The van der Waals surface area contributed by atoms with E-state index in [1.165, 1.54) is 10.4 Å². The molecule has 2 aromatic carbocycles. The van der Waals surface area contributed by atoms with Crippen molar-refractivity contribution in [3.05, 3.63) is 59.7 Å². The van der Waals surface area contributed by atoms with Gasteiger partial charge in [-0.15, -0.1) is 0 Å². The third-order valence-electron chi connectivity index (χ3n) is 5.48. The standard InChI is InChI=1S/C22H24N2O5S/c1-16(21(25)23-12-5-9-17-7-2-3-11-20(17)23)29-22(26)18-8-4-10-19(15-18)24-13-6-14-30(24,27)28/h2-4,7-8,10-11,15-16H,5-6,9,12-14H2,1H3/t16-/m0/s1. The zero-order chi connectivity index (χ0) is 21.3. The fourth-order valence-corrected chi connectivity index (χ4v) is 5.53. The number of fused-ring (bicyclic) bond motifs is 1. The molecule has 2 aromatic rings. The van der Waals surface area contributed by atoms with Crippen LogP contribution in [0.4, 0.5) is 11.4 Å². The van der Waals surface area contributed by atoms with E-state index in [9.17, 15) is 18.0 Å². The van der Waals surface area contributed by atoms with Gasteiger partial charge in [-0.25, -0.2) is 13.2 Å². The highest BCUT2D eigenvalue weighted by Gasteiger charge is 2.30. The van der Waals surface area contributed by atoms with Crippen LogP contribution in [0.1, 0.15) is 35.7 Å². The first-order valence-corrected chi connectivity index (χ1v) is 11.7. The minimum Gasteiger partial charge on any atom is -0.449 e. The number of para-hydroxylation sites is 1.